The van der Waals surface area contributed by atoms with E-state index < -0.39 is 17.8 Å². The van der Waals surface area contributed by atoms with E-state index in [9.17, 15) is 24.6 Å². The first-order valence-corrected chi connectivity index (χ1v) is 13.6. The number of thioether (sulfide) groups is 1. The molecule has 2 aromatic carbocycles. The lowest BCUT2D eigenvalue weighted by atomic mass is 10.1. The number of ether oxygens (including phenoxy) is 2. The van der Waals surface area contributed by atoms with Gasteiger partial charge in [-0.2, -0.15) is 0 Å². The van der Waals surface area contributed by atoms with Crippen LogP contribution in [0.3, 0.4) is 0 Å². The molecule has 0 saturated carbocycles. The van der Waals surface area contributed by atoms with Crippen LogP contribution >= 0.6 is 24.0 Å². The van der Waals surface area contributed by atoms with Crippen molar-refractivity contribution in [3.63, 3.8) is 0 Å². The average Bonchev–Trinajstić information content (AvgIpc) is 3.16. The highest BCUT2D eigenvalue weighted by molar-refractivity contribution is 8.27. The van der Waals surface area contributed by atoms with Gasteiger partial charge in [-0.15, -0.1) is 0 Å². The number of carbonyl (C=O) groups excluding carboxylic acids is 1. The normalized spacial score (nSPS) is 15.1. The average molecular weight is 558 g/mol. The van der Waals surface area contributed by atoms with Crippen LogP contribution in [0.15, 0.2) is 41.3 Å². The third-order valence-corrected chi connectivity index (χ3v) is 7.29. The van der Waals surface area contributed by atoms with Gasteiger partial charge in [-0.25, -0.2) is 9.59 Å². The van der Waals surface area contributed by atoms with Crippen molar-refractivity contribution >= 4 is 57.9 Å². The summed E-state index contributed by atoms with van der Waals surface area (Å²) in [5.41, 5.74) is 0.257. The van der Waals surface area contributed by atoms with Crippen molar-refractivity contribution in [3.05, 3.63) is 58.0 Å². The molecule has 0 radical (unpaired) electrons. The number of hydrogen-bond donors (Lipinski definition) is 2. The topological polar surface area (TPSA) is 113 Å². The largest absolute Gasteiger partial charge is 0.493 e. The molecule has 1 atom stereocenters. The van der Waals surface area contributed by atoms with Crippen molar-refractivity contribution in [2.45, 2.75) is 58.5 Å². The molecule has 10 heteroatoms. The third-order valence-electron chi connectivity index (χ3n) is 5.99. The number of benzene rings is 2. The van der Waals surface area contributed by atoms with Crippen molar-refractivity contribution in [1.82, 2.24) is 0 Å². The van der Waals surface area contributed by atoms with Crippen LogP contribution in [-0.4, -0.2) is 45.6 Å². The number of nitrogens with zero attached hydrogens (tertiary/aromatic N) is 1. The lowest BCUT2D eigenvalue weighted by Gasteiger charge is -2.17. The summed E-state index contributed by atoms with van der Waals surface area (Å²) in [7, 11) is 1.55. The maximum atomic E-state index is 13.2. The highest BCUT2D eigenvalue weighted by Gasteiger charge is 2.34. The maximum Gasteiger partial charge on any atom is 0.335 e. The molecule has 2 N–H and O–H groups in total. The highest BCUT2D eigenvalue weighted by atomic mass is 32.2. The molecular formula is C28H31NO7S2. The standard InChI is InChI=1S/C28H31NO7S2/c1-4-5-6-7-8-9-17(2)36-22-11-10-18(12-23(22)35-3)13-24-25(30)29(28(37)38-24)21-15-19(26(31)32)14-20(16-21)27(33)34/h10-17H,4-9H2,1-3H3,(H,31,32)(H,33,34). The molecular weight excluding hydrogens is 526 g/mol. The molecule has 2 aromatic rings. The van der Waals surface area contributed by atoms with E-state index >= 15 is 0 Å². The molecule has 1 aliphatic heterocycles. The van der Waals surface area contributed by atoms with Gasteiger partial charge in [0.2, 0.25) is 0 Å². The first-order chi connectivity index (χ1) is 18.1. The molecule has 0 aliphatic carbocycles. The second kappa shape index (κ2) is 13.4. The lowest BCUT2D eigenvalue weighted by Crippen LogP contribution is -2.28. The van der Waals surface area contributed by atoms with Gasteiger partial charge in [0.1, 0.15) is 0 Å². The zero-order valence-corrected chi connectivity index (χ0v) is 23.2. The second-order valence-corrected chi connectivity index (χ2v) is 10.6. The van der Waals surface area contributed by atoms with E-state index in [0.717, 1.165) is 35.6 Å². The van der Waals surface area contributed by atoms with E-state index in [1.807, 2.05) is 13.0 Å². The van der Waals surface area contributed by atoms with Crippen molar-refractivity contribution in [1.29, 1.82) is 0 Å². The fourth-order valence-electron chi connectivity index (χ4n) is 4.01. The molecule has 1 amide bonds. The Kier molecular flexibility index (Phi) is 10.3. The first kappa shape index (κ1) is 29.2. The lowest BCUT2D eigenvalue weighted by molar-refractivity contribution is -0.113. The van der Waals surface area contributed by atoms with E-state index in [1.54, 1.807) is 25.3 Å². The van der Waals surface area contributed by atoms with E-state index in [0.29, 0.717) is 22.0 Å². The van der Waals surface area contributed by atoms with Gasteiger partial charge in [0.25, 0.3) is 5.91 Å². The van der Waals surface area contributed by atoms with Crippen molar-refractivity contribution in [3.8, 4) is 11.5 Å². The molecule has 0 spiro atoms. The van der Waals surface area contributed by atoms with E-state index in [4.69, 9.17) is 21.7 Å². The van der Waals surface area contributed by atoms with Crippen LogP contribution in [0.2, 0.25) is 0 Å². The number of rotatable bonds is 13. The van der Waals surface area contributed by atoms with Crippen LogP contribution in [0.1, 0.15) is 78.7 Å². The Morgan fingerprint density at radius 2 is 1.68 bits per heavy atom. The minimum Gasteiger partial charge on any atom is -0.493 e. The molecule has 0 bridgehead atoms. The predicted octanol–water partition coefficient (Wildman–Crippen LogP) is 6.63. The van der Waals surface area contributed by atoms with Crippen molar-refractivity contribution in [2.24, 2.45) is 0 Å². The number of thiocarbonyl (C=S) groups is 1. The summed E-state index contributed by atoms with van der Waals surface area (Å²) in [6, 6.07) is 8.86. The molecule has 38 heavy (non-hydrogen) atoms. The Morgan fingerprint density at radius 3 is 2.29 bits per heavy atom. The van der Waals surface area contributed by atoms with Crippen molar-refractivity contribution < 1.29 is 34.1 Å². The molecule has 1 heterocycles. The summed E-state index contributed by atoms with van der Waals surface area (Å²) < 4.78 is 11.8. The van der Waals surface area contributed by atoms with Gasteiger partial charge in [0, 0.05) is 0 Å². The third kappa shape index (κ3) is 7.35. The Morgan fingerprint density at radius 1 is 1.03 bits per heavy atom. The monoisotopic (exact) mass is 557 g/mol. The molecule has 202 valence electrons. The van der Waals surface area contributed by atoms with Crippen LogP contribution in [0, 0.1) is 0 Å². The van der Waals surface area contributed by atoms with Gasteiger partial charge < -0.3 is 19.7 Å². The second-order valence-electron chi connectivity index (χ2n) is 8.94. The fraction of sp³-hybridized carbons (Fsp3) is 0.357. The van der Waals surface area contributed by atoms with Crippen LogP contribution in [0.5, 0.6) is 11.5 Å². The molecule has 3 rings (SSSR count). The van der Waals surface area contributed by atoms with Crippen LogP contribution in [0.4, 0.5) is 5.69 Å². The number of aromatic carboxylic acids is 2. The van der Waals surface area contributed by atoms with Crippen LogP contribution in [0.25, 0.3) is 6.08 Å². The van der Waals surface area contributed by atoms with Gasteiger partial charge in [-0.1, -0.05) is 62.7 Å². The molecule has 1 unspecified atom stereocenters. The summed E-state index contributed by atoms with van der Waals surface area (Å²) in [6.07, 6.45) is 8.63. The Hall–Kier alpha value is -3.37. The number of methoxy groups -OCH3 is 1. The number of hydrogen-bond acceptors (Lipinski definition) is 7. The summed E-state index contributed by atoms with van der Waals surface area (Å²) in [5.74, 6) is -1.95. The van der Waals surface area contributed by atoms with Crippen molar-refractivity contribution in [2.75, 3.05) is 12.0 Å². The predicted molar refractivity (Wildman–Crippen MR) is 152 cm³/mol. The van der Waals surface area contributed by atoms with E-state index in [-0.39, 0.29) is 27.2 Å². The van der Waals surface area contributed by atoms with Crippen LogP contribution in [-0.2, 0) is 4.79 Å². The Bertz CT molecular complexity index is 1230. The number of carboxylic acid groups (broad SMARTS) is 2. The zero-order chi connectivity index (χ0) is 27.8. The van der Waals surface area contributed by atoms with Crippen LogP contribution < -0.4 is 14.4 Å². The fourth-order valence-corrected chi connectivity index (χ4v) is 5.31. The summed E-state index contributed by atoms with van der Waals surface area (Å²) >= 11 is 6.42. The molecule has 1 aliphatic rings. The summed E-state index contributed by atoms with van der Waals surface area (Å²) in [5, 5.41) is 18.7. The number of unbranched alkanes of at least 4 members (excludes halogenated alkanes) is 4. The maximum absolute atomic E-state index is 13.2. The molecule has 0 aromatic heterocycles. The molecule has 1 fully saturated rings. The quantitative estimate of drug-likeness (QED) is 0.159. The number of amides is 1. The number of carbonyl (C=O) groups is 3. The van der Waals surface area contributed by atoms with Gasteiger partial charge in [-0.05, 0) is 61.7 Å². The van der Waals surface area contributed by atoms with Gasteiger partial charge >= 0.3 is 11.9 Å². The van der Waals surface area contributed by atoms with E-state index in [2.05, 4.69) is 6.92 Å². The van der Waals surface area contributed by atoms with E-state index in [1.165, 1.54) is 37.8 Å². The minimum atomic E-state index is -1.31. The smallest absolute Gasteiger partial charge is 0.335 e. The number of anilines is 1. The first-order valence-electron chi connectivity index (χ1n) is 12.4. The highest BCUT2D eigenvalue weighted by Crippen LogP contribution is 2.38. The van der Waals surface area contributed by atoms with Gasteiger partial charge in [0.05, 0.1) is 34.9 Å². The Labute approximate surface area is 231 Å². The Balaban J connectivity index is 1.78. The molecule has 1 saturated heterocycles. The van der Waals surface area contributed by atoms with Gasteiger partial charge in [-0.3, -0.25) is 9.69 Å². The number of carboxylic acids is 2. The SMILES string of the molecule is CCCCCCCC(C)Oc1ccc(C=C2SC(=S)N(c3cc(C(=O)O)cc(C(=O)O)c3)C2=O)cc1OC. The summed E-state index contributed by atoms with van der Waals surface area (Å²) in [4.78, 5) is 37.6. The summed E-state index contributed by atoms with van der Waals surface area (Å²) in [6.45, 7) is 4.23. The van der Waals surface area contributed by atoms with Gasteiger partial charge in [0.15, 0.2) is 15.8 Å². The molecule has 8 nitrogen and oxygen atoms in total. The minimum absolute atomic E-state index is 0.0323. The zero-order valence-electron chi connectivity index (χ0n) is 21.6.